The Labute approximate surface area is 191 Å². The van der Waals surface area contributed by atoms with Crippen molar-refractivity contribution in [2.24, 2.45) is 5.41 Å². The van der Waals surface area contributed by atoms with E-state index in [0.717, 1.165) is 23.3 Å². The SMILES string of the molecule is Cc1ccc(S(=O)(=O)N2CC3=Cc4cc(F)c(F)cc4C[C@]3(CO)[C@@H]2c2ccccc2)cc1. The molecule has 0 spiro atoms. The van der Waals surface area contributed by atoms with E-state index in [-0.39, 0.29) is 24.5 Å². The summed E-state index contributed by atoms with van der Waals surface area (Å²) in [4.78, 5) is 0.163. The lowest BCUT2D eigenvalue weighted by molar-refractivity contribution is 0.118. The third kappa shape index (κ3) is 3.42. The minimum absolute atomic E-state index is 0.0504. The van der Waals surface area contributed by atoms with Gasteiger partial charge in [0, 0.05) is 12.0 Å². The molecule has 3 aromatic carbocycles. The number of aliphatic hydroxyl groups excluding tert-OH is 1. The van der Waals surface area contributed by atoms with Crippen LogP contribution in [0.1, 0.15) is 28.3 Å². The van der Waals surface area contributed by atoms with Gasteiger partial charge in [0.15, 0.2) is 11.6 Å². The normalized spacial score (nSPS) is 22.5. The molecule has 1 fully saturated rings. The highest BCUT2D eigenvalue weighted by Crippen LogP contribution is 2.56. The zero-order valence-corrected chi connectivity index (χ0v) is 18.8. The molecule has 33 heavy (non-hydrogen) atoms. The van der Waals surface area contributed by atoms with Gasteiger partial charge in [-0.05, 0) is 59.9 Å². The number of nitrogens with zero attached hydrogens (tertiary/aromatic N) is 1. The maximum Gasteiger partial charge on any atom is 0.243 e. The topological polar surface area (TPSA) is 57.6 Å². The standard InChI is InChI=1S/C26H23F2NO3S/c1-17-7-9-22(10-8-17)33(31,32)29-15-21-11-19-12-23(27)24(28)13-20(19)14-26(21,16-30)25(29)18-5-3-2-4-6-18/h2-13,25,30H,14-16H2,1H3/t25-,26+/m0/s1. The molecular weight excluding hydrogens is 444 g/mol. The van der Waals surface area contributed by atoms with Crippen molar-refractivity contribution in [1.82, 2.24) is 4.31 Å². The Hall–Kier alpha value is -2.87. The highest BCUT2D eigenvalue weighted by Gasteiger charge is 2.56. The van der Waals surface area contributed by atoms with E-state index in [1.807, 2.05) is 37.3 Å². The van der Waals surface area contributed by atoms with E-state index in [2.05, 4.69) is 0 Å². The van der Waals surface area contributed by atoms with Crippen molar-refractivity contribution in [3.05, 3.63) is 106 Å². The van der Waals surface area contributed by atoms with E-state index in [1.165, 1.54) is 4.31 Å². The largest absolute Gasteiger partial charge is 0.395 e. The summed E-state index contributed by atoms with van der Waals surface area (Å²) in [5, 5.41) is 10.7. The summed E-state index contributed by atoms with van der Waals surface area (Å²) in [6.45, 7) is 1.60. The van der Waals surface area contributed by atoms with Gasteiger partial charge in [0.25, 0.3) is 0 Å². The van der Waals surface area contributed by atoms with Gasteiger partial charge in [-0.2, -0.15) is 4.31 Å². The van der Waals surface area contributed by atoms with Crippen molar-refractivity contribution in [2.75, 3.05) is 13.2 Å². The third-order valence-electron chi connectivity index (χ3n) is 6.82. The lowest BCUT2D eigenvalue weighted by Gasteiger charge is -2.39. The highest BCUT2D eigenvalue weighted by atomic mass is 32.2. The maximum atomic E-state index is 14.1. The summed E-state index contributed by atoms with van der Waals surface area (Å²) in [7, 11) is -3.93. The Morgan fingerprint density at radius 3 is 2.36 bits per heavy atom. The van der Waals surface area contributed by atoms with Crippen LogP contribution in [-0.4, -0.2) is 31.0 Å². The molecule has 0 unspecified atom stereocenters. The number of rotatable bonds is 4. The van der Waals surface area contributed by atoms with Gasteiger partial charge < -0.3 is 5.11 Å². The van der Waals surface area contributed by atoms with Gasteiger partial charge in [-0.1, -0.05) is 54.1 Å². The Morgan fingerprint density at radius 1 is 1.03 bits per heavy atom. The van der Waals surface area contributed by atoms with E-state index in [9.17, 15) is 22.3 Å². The predicted octanol–water partition coefficient (Wildman–Crippen LogP) is 4.64. The second-order valence-electron chi connectivity index (χ2n) is 8.80. The molecule has 5 rings (SSSR count). The summed E-state index contributed by atoms with van der Waals surface area (Å²) in [5.74, 6) is -1.92. The van der Waals surface area contributed by atoms with Crippen LogP contribution in [0.15, 0.2) is 77.2 Å². The first-order chi connectivity index (χ1) is 15.8. The average molecular weight is 468 g/mol. The fourth-order valence-corrected chi connectivity index (χ4v) is 6.78. The maximum absolute atomic E-state index is 14.1. The first-order valence-electron chi connectivity index (χ1n) is 10.7. The summed E-state index contributed by atoms with van der Waals surface area (Å²) in [5.41, 5.74) is 2.43. The van der Waals surface area contributed by atoms with Gasteiger partial charge in [-0.25, -0.2) is 17.2 Å². The van der Waals surface area contributed by atoms with E-state index >= 15 is 0 Å². The van der Waals surface area contributed by atoms with Crippen LogP contribution in [0.4, 0.5) is 8.78 Å². The Kier molecular flexibility index (Phi) is 5.23. The first kappa shape index (κ1) is 21.9. The first-order valence-corrected chi connectivity index (χ1v) is 12.1. The van der Waals surface area contributed by atoms with E-state index in [4.69, 9.17) is 0 Å². The predicted molar refractivity (Wildman–Crippen MR) is 122 cm³/mol. The van der Waals surface area contributed by atoms with Crippen LogP contribution < -0.4 is 0 Å². The van der Waals surface area contributed by atoms with Crippen LogP contribution in [0.2, 0.25) is 0 Å². The van der Waals surface area contributed by atoms with E-state index in [1.54, 1.807) is 30.3 Å². The fourth-order valence-electron chi connectivity index (χ4n) is 5.12. The van der Waals surface area contributed by atoms with Gasteiger partial charge >= 0.3 is 0 Å². The molecule has 0 bridgehead atoms. The summed E-state index contributed by atoms with van der Waals surface area (Å²) in [6, 6.07) is 17.4. The van der Waals surface area contributed by atoms with Crippen molar-refractivity contribution in [3.63, 3.8) is 0 Å². The van der Waals surface area contributed by atoms with Gasteiger partial charge in [-0.3, -0.25) is 0 Å². The Morgan fingerprint density at radius 2 is 1.70 bits per heavy atom. The van der Waals surface area contributed by atoms with Gasteiger partial charge in [0.05, 0.1) is 17.5 Å². The van der Waals surface area contributed by atoms with Gasteiger partial charge in [0.1, 0.15) is 0 Å². The molecule has 170 valence electrons. The molecule has 0 amide bonds. The molecule has 1 aliphatic heterocycles. The summed E-state index contributed by atoms with van der Waals surface area (Å²) >= 11 is 0. The number of hydrogen-bond donors (Lipinski definition) is 1. The Bertz CT molecular complexity index is 1350. The minimum Gasteiger partial charge on any atom is -0.395 e. The smallest absolute Gasteiger partial charge is 0.243 e. The fraction of sp³-hybridized carbons (Fsp3) is 0.231. The molecule has 4 nitrogen and oxygen atoms in total. The number of hydrogen-bond acceptors (Lipinski definition) is 3. The van der Waals surface area contributed by atoms with Crippen LogP contribution in [0, 0.1) is 24.0 Å². The zero-order chi connectivity index (χ0) is 23.4. The van der Waals surface area contributed by atoms with Crippen molar-refractivity contribution >= 4 is 16.1 Å². The molecule has 3 aromatic rings. The molecule has 7 heteroatoms. The monoisotopic (exact) mass is 467 g/mol. The zero-order valence-electron chi connectivity index (χ0n) is 18.0. The lowest BCUT2D eigenvalue weighted by atomic mass is 9.67. The number of sulfonamides is 1. The van der Waals surface area contributed by atoms with Crippen molar-refractivity contribution < 1.29 is 22.3 Å². The van der Waals surface area contributed by atoms with E-state index in [0.29, 0.717) is 16.7 Å². The van der Waals surface area contributed by atoms with Crippen LogP contribution in [0.3, 0.4) is 0 Å². The second kappa shape index (κ2) is 7.87. The van der Waals surface area contributed by atoms with Crippen molar-refractivity contribution in [2.45, 2.75) is 24.3 Å². The number of halogens is 2. The molecule has 1 heterocycles. The minimum atomic E-state index is -3.93. The van der Waals surface area contributed by atoms with Gasteiger partial charge in [-0.15, -0.1) is 0 Å². The number of benzene rings is 3. The number of aryl methyl sites for hydroxylation is 1. The van der Waals surface area contributed by atoms with Crippen LogP contribution in [0.5, 0.6) is 0 Å². The quantitative estimate of drug-likeness (QED) is 0.608. The molecule has 2 aliphatic rings. The van der Waals surface area contributed by atoms with Crippen LogP contribution in [0.25, 0.3) is 6.08 Å². The van der Waals surface area contributed by atoms with Crippen molar-refractivity contribution in [1.29, 1.82) is 0 Å². The van der Waals surface area contributed by atoms with E-state index < -0.39 is 33.1 Å². The molecule has 1 saturated heterocycles. The lowest BCUT2D eigenvalue weighted by Crippen LogP contribution is -2.40. The molecule has 0 radical (unpaired) electrons. The number of fused-ring (bicyclic) bond motifs is 2. The molecule has 1 N–H and O–H groups in total. The average Bonchev–Trinajstić information content (AvgIpc) is 3.14. The molecule has 0 saturated carbocycles. The third-order valence-corrected chi connectivity index (χ3v) is 8.65. The molecule has 0 aromatic heterocycles. The number of aliphatic hydroxyl groups is 1. The molecule has 1 aliphatic carbocycles. The van der Waals surface area contributed by atoms with Crippen molar-refractivity contribution in [3.8, 4) is 0 Å². The molecule has 2 atom stereocenters. The Balaban J connectivity index is 1.71. The highest BCUT2D eigenvalue weighted by molar-refractivity contribution is 7.89. The van der Waals surface area contributed by atoms with Gasteiger partial charge in [0.2, 0.25) is 10.0 Å². The van der Waals surface area contributed by atoms with Crippen LogP contribution in [-0.2, 0) is 16.4 Å². The molecular formula is C26H23F2NO3S. The van der Waals surface area contributed by atoms with Crippen LogP contribution >= 0.6 is 0 Å². The summed E-state index contributed by atoms with van der Waals surface area (Å²) < 4.78 is 57.0. The summed E-state index contributed by atoms with van der Waals surface area (Å²) in [6.07, 6.45) is 1.90. The second-order valence-corrected chi connectivity index (χ2v) is 10.7.